The maximum Gasteiger partial charge on any atom is 0.333 e. The Hall–Kier alpha value is -0.790. The Balaban J connectivity index is 3.76. The van der Waals surface area contributed by atoms with E-state index in [0.29, 0.717) is 24.0 Å². The van der Waals surface area contributed by atoms with Crippen LogP contribution in [0.5, 0.6) is 0 Å². The smallest absolute Gasteiger partial charge is 0.333 e. The van der Waals surface area contributed by atoms with Crippen LogP contribution in [0.15, 0.2) is 12.2 Å². The van der Waals surface area contributed by atoms with Gasteiger partial charge in [0.2, 0.25) is 0 Å². The molecule has 0 spiro atoms. The molecule has 2 heteroatoms. The minimum absolute atomic E-state index is 0.282. The van der Waals surface area contributed by atoms with Crippen LogP contribution in [0.2, 0.25) is 0 Å². The lowest BCUT2D eigenvalue weighted by Gasteiger charge is -2.17. The van der Waals surface area contributed by atoms with Gasteiger partial charge in [-0.05, 0) is 18.8 Å². The summed E-state index contributed by atoms with van der Waals surface area (Å²) in [7, 11) is 0. The summed E-state index contributed by atoms with van der Waals surface area (Å²) < 4.78 is 5.05. The van der Waals surface area contributed by atoms with Gasteiger partial charge in [0.1, 0.15) is 0 Å². The van der Waals surface area contributed by atoms with Crippen LogP contribution in [0.25, 0.3) is 0 Å². The van der Waals surface area contributed by atoms with Crippen LogP contribution in [-0.2, 0) is 9.53 Å². The van der Waals surface area contributed by atoms with Gasteiger partial charge >= 0.3 is 5.97 Å². The molecule has 0 radical (unpaired) electrons. The topological polar surface area (TPSA) is 26.3 Å². The lowest BCUT2D eigenvalue weighted by Crippen LogP contribution is -2.17. The molecule has 2 nitrogen and oxygen atoms in total. The zero-order chi connectivity index (χ0) is 10.4. The van der Waals surface area contributed by atoms with Crippen LogP contribution in [0, 0.1) is 11.8 Å². The van der Waals surface area contributed by atoms with Crippen LogP contribution >= 0.6 is 0 Å². The Labute approximate surface area is 81.0 Å². The minimum atomic E-state index is -0.282. The average Bonchev–Trinajstić information content (AvgIpc) is 2.11. The molecule has 0 fully saturated rings. The molecule has 76 valence electrons. The van der Waals surface area contributed by atoms with E-state index in [2.05, 4.69) is 27.4 Å². The Kier molecular flexibility index (Phi) is 5.44. The third-order valence-corrected chi connectivity index (χ3v) is 2.44. The molecule has 0 heterocycles. The molecule has 0 N–H and O–H groups in total. The van der Waals surface area contributed by atoms with Crippen LogP contribution in [-0.4, -0.2) is 12.6 Å². The number of esters is 1. The summed E-state index contributed by atoms with van der Waals surface area (Å²) in [6, 6.07) is 0. The first-order chi connectivity index (χ1) is 5.99. The second-order valence-corrected chi connectivity index (χ2v) is 3.74. The third kappa shape index (κ3) is 4.71. The number of carbonyl (C=O) groups is 1. The predicted octanol–water partition coefficient (Wildman–Crippen LogP) is 2.79. The number of hydrogen-bond donors (Lipinski definition) is 0. The quantitative estimate of drug-likeness (QED) is 0.485. The van der Waals surface area contributed by atoms with E-state index in [1.54, 1.807) is 6.92 Å². The molecule has 0 aromatic rings. The van der Waals surface area contributed by atoms with E-state index in [1.165, 1.54) is 0 Å². The average molecular weight is 184 g/mol. The van der Waals surface area contributed by atoms with Gasteiger partial charge in [-0.15, -0.1) is 0 Å². The maximum atomic E-state index is 11.0. The molecule has 0 aliphatic carbocycles. The molecule has 0 aliphatic heterocycles. The Bertz CT molecular complexity index is 185. The van der Waals surface area contributed by atoms with Gasteiger partial charge in [0, 0.05) is 5.57 Å². The van der Waals surface area contributed by atoms with Crippen LogP contribution in [0.4, 0.5) is 0 Å². The van der Waals surface area contributed by atoms with Crippen molar-refractivity contribution in [1.82, 2.24) is 0 Å². The maximum absolute atomic E-state index is 11.0. The molecule has 0 aliphatic rings. The number of hydrogen-bond acceptors (Lipinski definition) is 2. The lowest BCUT2D eigenvalue weighted by atomic mass is 9.94. The summed E-state index contributed by atoms with van der Waals surface area (Å²) in [5.74, 6) is 0.737. The Morgan fingerprint density at radius 2 is 1.92 bits per heavy atom. The molecular formula is C11H20O2. The van der Waals surface area contributed by atoms with Gasteiger partial charge in [0.25, 0.3) is 0 Å². The zero-order valence-corrected chi connectivity index (χ0v) is 9.09. The fourth-order valence-electron chi connectivity index (χ4n) is 0.897. The SMILES string of the molecule is C=C(C)C(=O)OCC(C)C(C)CC. The summed E-state index contributed by atoms with van der Waals surface area (Å²) in [5.41, 5.74) is 0.469. The second kappa shape index (κ2) is 5.79. The van der Waals surface area contributed by atoms with Crippen molar-refractivity contribution in [3.8, 4) is 0 Å². The number of carbonyl (C=O) groups excluding carboxylic acids is 1. The normalized spacial score (nSPS) is 14.8. The van der Waals surface area contributed by atoms with Crippen molar-refractivity contribution in [2.75, 3.05) is 6.61 Å². The van der Waals surface area contributed by atoms with Crippen molar-refractivity contribution in [3.63, 3.8) is 0 Å². The van der Waals surface area contributed by atoms with Crippen LogP contribution in [0.1, 0.15) is 34.1 Å². The fourth-order valence-corrected chi connectivity index (χ4v) is 0.897. The molecule has 0 saturated heterocycles. The highest BCUT2D eigenvalue weighted by Gasteiger charge is 2.12. The van der Waals surface area contributed by atoms with Gasteiger partial charge in [0.05, 0.1) is 6.61 Å². The summed E-state index contributed by atoms with van der Waals surface area (Å²) in [5, 5.41) is 0. The Morgan fingerprint density at radius 1 is 1.38 bits per heavy atom. The molecule has 0 amide bonds. The largest absolute Gasteiger partial charge is 0.462 e. The zero-order valence-electron chi connectivity index (χ0n) is 9.09. The Morgan fingerprint density at radius 3 is 2.31 bits per heavy atom. The monoisotopic (exact) mass is 184 g/mol. The molecule has 0 bridgehead atoms. The first-order valence-electron chi connectivity index (χ1n) is 4.81. The van der Waals surface area contributed by atoms with Crippen LogP contribution < -0.4 is 0 Å². The van der Waals surface area contributed by atoms with Gasteiger partial charge in [-0.3, -0.25) is 0 Å². The standard InChI is InChI=1S/C11H20O2/c1-6-9(4)10(5)7-13-11(12)8(2)3/h9-10H,2,6-7H2,1,3-5H3. The second-order valence-electron chi connectivity index (χ2n) is 3.74. The highest BCUT2D eigenvalue weighted by Crippen LogP contribution is 2.14. The van der Waals surface area contributed by atoms with Crippen molar-refractivity contribution in [2.45, 2.75) is 34.1 Å². The van der Waals surface area contributed by atoms with Gasteiger partial charge in [0.15, 0.2) is 0 Å². The molecule has 0 rings (SSSR count). The van der Waals surface area contributed by atoms with E-state index in [1.807, 2.05) is 0 Å². The molecule has 0 aromatic carbocycles. The molecule has 0 aromatic heterocycles. The van der Waals surface area contributed by atoms with E-state index in [-0.39, 0.29) is 5.97 Å². The van der Waals surface area contributed by atoms with Crippen molar-refractivity contribution >= 4 is 5.97 Å². The van der Waals surface area contributed by atoms with Crippen LogP contribution in [0.3, 0.4) is 0 Å². The lowest BCUT2D eigenvalue weighted by molar-refractivity contribution is -0.140. The third-order valence-electron chi connectivity index (χ3n) is 2.44. The number of ether oxygens (including phenoxy) is 1. The molecule has 0 saturated carbocycles. The summed E-state index contributed by atoms with van der Waals surface area (Å²) >= 11 is 0. The van der Waals surface area contributed by atoms with E-state index < -0.39 is 0 Å². The van der Waals surface area contributed by atoms with Crippen molar-refractivity contribution in [3.05, 3.63) is 12.2 Å². The van der Waals surface area contributed by atoms with Gasteiger partial charge in [-0.1, -0.05) is 33.8 Å². The van der Waals surface area contributed by atoms with Crippen molar-refractivity contribution in [1.29, 1.82) is 0 Å². The number of rotatable bonds is 5. The fraction of sp³-hybridized carbons (Fsp3) is 0.727. The van der Waals surface area contributed by atoms with Crippen molar-refractivity contribution in [2.24, 2.45) is 11.8 Å². The van der Waals surface area contributed by atoms with Gasteiger partial charge < -0.3 is 4.74 Å². The summed E-state index contributed by atoms with van der Waals surface area (Å²) in [6.45, 7) is 12.1. The summed E-state index contributed by atoms with van der Waals surface area (Å²) in [6.07, 6.45) is 1.12. The van der Waals surface area contributed by atoms with Gasteiger partial charge in [-0.25, -0.2) is 4.79 Å². The van der Waals surface area contributed by atoms with E-state index in [4.69, 9.17) is 4.74 Å². The predicted molar refractivity (Wildman–Crippen MR) is 54.4 cm³/mol. The van der Waals surface area contributed by atoms with E-state index >= 15 is 0 Å². The molecular weight excluding hydrogens is 164 g/mol. The van der Waals surface area contributed by atoms with E-state index in [9.17, 15) is 4.79 Å². The molecule has 2 atom stereocenters. The highest BCUT2D eigenvalue weighted by molar-refractivity contribution is 5.86. The minimum Gasteiger partial charge on any atom is -0.462 e. The molecule has 2 unspecified atom stereocenters. The van der Waals surface area contributed by atoms with E-state index in [0.717, 1.165) is 6.42 Å². The first-order valence-corrected chi connectivity index (χ1v) is 4.81. The highest BCUT2D eigenvalue weighted by atomic mass is 16.5. The van der Waals surface area contributed by atoms with Crippen molar-refractivity contribution < 1.29 is 9.53 Å². The first kappa shape index (κ1) is 12.2. The summed E-state index contributed by atoms with van der Waals surface area (Å²) in [4.78, 5) is 11.0. The van der Waals surface area contributed by atoms with Gasteiger partial charge in [-0.2, -0.15) is 0 Å². The molecule has 13 heavy (non-hydrogen) atoms.